The second-order valence-corrected chi connectivity index (χ2v) is 6.99. The summed E-state index contributed by atoms with van der Waals surface area (Å²) in [6.07, 6.45) is 0.0101. The van der Waals surface area contributed by atoms with Crippen molar-refractivity contribution in [3.05, 3.63) is 59.4 Å². The van der Waals surface area contributed by atoms with Gasteiger partial charge < -0.3 is 9.94 Å². The van der Waals surface area contributed by atoms with Gasteiger partial charge in [-0.05, 0) is 49.1 Å². The van der Waals surface area contributed by atoms with Crippen LogP contribution in [0.1, 0.15) is 24.0 Å². The fourth-order valence-corrected chi connectivity index (χ4v) is 3.62. The molecule has 3 aromatic rings. The molecular weight excluding hydrogens is 363 g/mol. The van der Waals surface area contributed by atoms with Crippen molar-refractivity contribution in [2.45, 2.75) is 25.4 Å². The number of nitrogens with one attached hydrogen (secondary N) is 2. The number of halogens is 1. The molecule has 0 aliphatic carbocycles. The Bertz CT molecular complexity index is 1010. The fourth-order valence-electron chi connectivity index (χ4n) is 3.62. The first-order valence-electron chi connectivity index (χ1n) is 9.11. The number of aromatic amines is 1. The van der Waals surface area contributed by atoms with E-state index in [1.54, 1.807) is 19.1 Å². The van der Waals surface area contributed by atoms with Gasteiger partial charge in [-0.2, -0.15) is 5.10 Å². The lowest BCUT2D eigenvalue weighted by molar-refractivity contribution is -0.148. The standard InChI is InChI=1S/C20H21FN4O3/c1-13-15(6-4-7-16(13)21)20(27)9-11-25(12-10-20)28-19(26)22-18-14-5-2-3-8-17(14)23-24-18/h2-8,27H,9-12H2,1H3,(H2,22,23,24,26). The van der Waals surface area contributed by atoms with E-state index in [4.69, 9.17) is 4.84 Å². The maximum absolute atomic E-state index is 13.8. The number of carbonyl (C=O) groups is 1. The highest BCUT2D eigenvalue weighted by Crippen LogP contribution is 2.35. The van der Waals surface area contributed by atoms with Crippen LogP contribution >= 0.6 is 0 Å². The third-order valence-electron chi connectivity index (χ3n) is 5.22. The number of H-pyrrole nitrogens is 1. The Hall–Kier alpha value is -2.97. The van der Waals surface area contributed by atoms with Crippen LogP contribution in [0.25, 0.3) is 10.9 Å². The molecule has 2 aromatic carbocycles. The monoisotopic (exact) mass is 384 g/mol. The van der Waals surface area contributed by atoms with Crippen molar-refractivity contribution in [3.8, 4) is 0 Å². The summed E-state index contributed by atoms with van der Waals surface area (Å²) in [5.74, 6) is 0.0553. The summed E-state index contributed by atoms with van der Waals surface area (Å²) < 4.78 is 13.8. The van der Waals surface area contributed by atoms with E-state index >= 15 is 0 Å². The lowest BCUT2D eigenvalue weighted by atomic mass is 9.82. The predicted molar refractivity (Wildman–Crippen MR) is 102 cm³/mol. The average molecular weight is 384 g/mol. The van der Waals surface area contributed by atoms with E-state index in [0.717, 1.165) is 10.9 Å². The van der Waals surface area contributed by atoms with Crippen molar-refractivity contribution in [1.82, 2.24) is 15.3 Å². The maximum Gasteiger partial charge on any atom is 0.432 e. The van der Waals surface area contributed by atoms with Gasteiger partial charge in [0.15, 0.2) is 5.82 Å². The van der Waals surface area contributed by atoms with Crippen LogP contribution in [0, 0.1) is 12.7 Å². The molecule has 1 saturated heterocycles. The van der Waals surface area contributed by atoms with Gasteiger partial charge in [-0.3, -0.25) is 10.4 Å². The molecule has 3 N–H and O–H groups in total. The van der Waals surface area contributed by atoms with Crippen molar-refractivity contribution >= 4 is 22.8 Å². The molecule has 1 aliphatic rings. The number of rotatable bonds is 3. The first-order chi connectivity index (χ1) is 13.5. The van der Waals surface area contributed by atoms with E-state index < -0.39 is 11.7 Å². The van der Waals surface area contributed by atoms with Gasteiger partial charge in [0.05, 0.1) is 11.1 Å². The molecule has 0 bridgehead atoms. The van der Waals surface area contributed by atoms with Gasteiger partial charge in [0.25, 0.3) is 0 Å². The van der Waals surface area contributed by atoms with E-state index in [2.05, 4.69) is 15.5 Å². The highest BCUT2D eigenvalue weighted by atomic mass is 19.1. The summed E-state index contributed by atoms with van der Waals surface area (Å²) in [5, 5.41) is 22.8. The van der Waals surface area contributed by atoms with Crippen LogP contribution in [-0.2, 0) is 10.4 Å². The normalized spacial score (nSPS) is 16.8. The minimum Gasteiger partial charge on any atom is -0.385 e. The van der Waals surface area contributed by atoms with Crippen molar-refractivity contribution in [1.29, 1.82) is 0 Å². The van der Waals surface area contributed by atoms with E-state index in [1.165, 1.54) is 11.1 Å². The Morgan fingerprint density at radius 3 is 2.79 bits per heavy atom. The molecule has 8 heteroatoms. The highest BCUT2D eigenvalue weighted by molar-refractivity contribution is 5.96. The second-order valence-electron chi connectivity index (χ2n) is 6.99. The minimum absolute atomic E-state index is 0.329. The Balaban J connectivity index is 1.37. The smallest absolute Gasteiger partial charge is 0.385 e. The zero-order valence-electron chi connectivity index (χ0n) is 15.4. The van der Waals surface area contributed by atoms with Crippen LogP contribution in [0.5, 0.6) is 0 Å². The minimum atomic E-state index is -1.14. The summed E-state index contributed by atoms with van der Waals surface area (Å²) in [5.41, 5.74) is 0.703. The van der Waals surface area contributed by atoms with Crippen LogP contribution < -0.4 is 5.32 Å². The summed E-state index contributed by atoms with van der Waals surface area (Å²) in [4.78, 5) is 17.6. The SMILES string of the molecule is Cc1c(F)cccc1C1(O)CCN(OC(=O)Nc2n[nH]c3ccccc23)CC1. The lowest BCUT2D eigenvalue weighted by Crippen LogP contribution is -2.44. The number of amides is 1. The molecular formula is C20H21FN4O3. The number of piperidine rings is 1. The lowest BCUT2D eigenvalue weighted by Gasteiger charge is -2.38. The van der Waals surface area contributed by atoms with Gasteiger partial charge in [-0.1, -0.05) is 24.3 Å². The van der Waals surface area contributed by atoms with Crippen LogP contribution in [0.3, 0.4) is 0 Å². The fraction of sp³-hybridized carbons (Fsp3) is 0.300. The molecule has 0 unspecified atom stereocenters. The molecule has 1 aliphatic heterocycles. The molecule has 0 spiro atoms. The summed E-state index contributed by atoms with van der Waals surface area (Å²) >= 11 is 0. The number of anilines is 1. The number of aliphatic hydroxyl groups is 1. The predicted octanol–water partition coefficient (Wildman–Crippen LogP) is 3.46. The Morgan fingerprint density at radius 2 is 2.00 bits per heavy atom. The van der Waals surface area contributed by atoms with Crippen LogP contribution in [0.15, 0.2) is 42.5 Å². The number of hydroxylamine groups is 2. The van der Waals surface area contributed by atoms with Crippen LogP contribution in [-0.4, -0.2) is 39.5 Å². The van der Waals surface area contributed by atoms with Gasteiger partial charge in [0.2, 0.25) is 0 Å². The average Bonchev–Trinajstić information content (AvgIpc) is 3.09. The van der Waals surface area contributed by atoms with Crippen molar-refractivity contribution in [2.24, 2.45) is 0 Å². The highest BCUT2D eigenvalue weighted by Gasteiger charge is 2.36. The number of para-hydroxylation sites is 1. The number of nitrogens with zero attached hydrogens (tertiary/aromatic N) is 2. The van der Waals surface area contributed by atoms with Gasteiger partial charge in [-0.15, -0.1) is 5.06 Å². The van der Waals surface area contributed by atoms with E-state index in [0.29, 0.717) is 42.9 Å². The molecule has 28 heavy (non-hydrogen) atoms. The number of hydrogen-bond acceptors (Lipinski definition) is 5. The van der Waals surface area contributed by atoms with Crippen LogP contribution in [0.2, 0.25) is 0 Å². The first kappa shape index (κ1) is 18.4. The second kappa shape index (κ2) is 7.21. The molecule has 4 rings (SSSR count). The van der Waals surface area contributed by atoms with E-state index in [-0.39, 0.29) is 5.82 Å². The molecule has 7 nitrogen and oxygen atoms in total. The third kappa shape index (κ3) is 3.44. The van der Waals surface area contributed by atoms with Gasteiger partial charge in [0.1, 0.15) is 5.82 Å². The molecule has 1 aromatic heterocycles. The molecule has 146 valence electrons. The molecule has 1 fully saturated rings. The summed E-state index contributed by atoms with van der Waals surface area (Å²) in [6.45, 7) is 2.33. The maximum atomic E-state index is 13.8. The Kier molecular flexibility index (Phi) is 4.74. The number of hydrogen-bond donors (Lipinski definition) is 3. The van der Waals surface area contributed by atoms with Gasteiger partial charge in [-0.25, -0.2) is 9.18 Å². The van der Waals surface area contributed by atoms with E-state index in [1.807, 2.05) is 24.3 Å². The Morgan fingerprint density at radius 1 is 1.25 bits per heavy atom. The van der Waals surface area contributed by atoms with E-state index in [9.17, 15) is 14.3 Å². The Labute approximate surface area is 161 Å². The number of carbonyl (C=O) groups excluding carboxylic acids is 1. The number of aromatic nitrogens is 2. The number of fused-ring (bicyclic) bond motifs is 1. The molecule has 0 atom stereocenters. The molecule has 0 radical (unpaired) electrons. The number of benzene rings is 2. The first-order valence-corrected chi connectivity index (χ1v) is 9.11. The summed E-state index contributed by atoms with van der Waals surface area (Å²) in [6, 6.07) is 12.1. The molecule has 0 saturated carbocycles. The van der Waals surface area contributed by atoms with Crippen molar-refractivity contribution in [2.75, 3.05) is 18.4 Å². The zero-order chi connectivity index (χ0) is 19.7. The van der Waals surface area contributed by atoms with Crippen LogP contribution in [0.4, 0.5) is 15.0 Å². The quantitative estimate of drug-likeness (QED) is 0.643. The largest absolute Gasteiger partial charge is 0.432 e. The van der Waals surface area contributed by atoms with Gasteiger partial charge >= 0.3 is 6.09 Å². The zero-order valence-corrected chi connectivity index (χ0v) is 15.4. The summed E-state index contributed by atoms with van der Waals surface area (Å²) in [7, 11) is 0. The molecule has 2 heterocycles. The topological polar surface area (TPSA) is 90.5 Å². The third-order valence-corrected chi connectivity index (χ3v) is 5.22. The molecule has 1 amide bonds. The van der Waals surface area contributed by atoms with Crippen molar-refractivity contribution in [3.63, 3.8) is 0 Å². The van der Waals surface area contributed by atoms with Gasteiger partial charge in [0, 0.05) is 18.5 Å². The van der Waals surface area contributed by atoms with Crippen molar-refractivity contribution < 1.29 is 19.1 Å².